The molecule has 1 aromatic rings. The van der Waals surface area contributed by atoms with Gasteiger partial charge in [-0.25, -0.2) is 0 Å². The van der Waals surface area contributed by atoms with Gasteiger partial charge in [0.2, 0.25) is 0 Å². The number of rotatable bonds is 4. The maximum atomic E-state index is 5.87. The second-order valence-electron chi connectivity index (χ2n) is 4.06. The van der Waals surface area contributed by atoms with Gasteiger partial charge in [0, 0.05) is 24.5 Å². The molecular formula is C12H18N4. The number of aliphatic imine (C=N–C) groups is 1. The fraction of sp³-hybridized carbons (Fsp3) is 0.500. The van der Waals surface area contributed by atoms with E-state index in [0.29, 0.717) is 5.84 Å². The minimum atomic E-state index is 0.590. The Morgan fingerprint density at radius 3 is 2.94 bits per heavy atom. The van der Waals surface area contributed by atoms with E-state index in [1.165, 1.54) is 25.9 Å². The lowest BCUT2D eigenvalue weighted by molar-refractivity contribution is 0.349. The van der Waals surface area contributed by atoms with E-state index in [4.69, 9.17) is 5.73 Å². The zero-order valence-corrected chi connectivity index (χ0v) is 9.47. The van der Waals surface area contributed by atoms with Gasteiger partial charge in [-0.3, -0.25) is 9.98 Å². The molecule has 0 spiro atoms. The van der Waals surface area contributed by atoms with Gasteiger partial charge in [0.25, 0.3) is 0 Å². The summed E-state index contributed by atoms with van der Waals surface area (Å²) in [5, 5.41) is 0. The lowest BCUT2D eigenvalue weighted by Gasteiger charge is -2.12. The van der Waals surface area contributed by atoms with Gasteiger partial charge in [0.05, 0.1) is 6.54 Å². The van der Waals surface area contributed by atoms with Crippen molar-refractivity contribution in [3.8, 4) is 0 Å². The molecule has 1 fully saturated rings. The van der Waals surface area contributed by atoms with Crippen LogP contribution in [0, 0.1) is 0 Å². The van der Waals surface area contributed by atoms with Crippen molar-refractivity contribution in [3.63, 3.8) is 0 Å². The van der Waals surface area contributed by atoms with Gasteiger partial charge in [0.15, 0.2) is 0 Å². The molecule has 4 heteroatoms. The summed E-state index contributed by atoms with van der Waals surface area (Å²) in [5.74, 6) is 0.590. The van der Waals surface area contributed by atoms with Crippen LogP contribution in [0.2, 0.25) is 0 Å². The van der Waals surface area contributed by atoms with E-state index in [2.05, 4.69) is 14.9 Å². The van der Waals surface area contributed by atoms with Crippen molar-refractivity contribution >= 4 is 5.84 Å². The molecule has 0 bridgehead atoms. The molecule has 0 amide bonds. The van der Waals surface area contributed by atoms with Crippen LogP contribution in [-0.4, -0.2) is 41.9 Å². The monoisotopic (exact) mass is 218 g/mol. The predicted molar refractivity (Wildman–Crippen MR) is 65.5 cm³/mol. The molecule has 0 aromatic carbocycles. The van der Waals surface area contributed by atoms with Crippen LogP contribution in [0.5, 0.6) is 0 Å². The molecule has 1 aliphatic heterocycles. The number of nitrogens with two attached hydrogens (primary N) is 1. The van der Waals surface area contributed by atoms with Crippen LogP contribution < -0.4 is 5.73 Å². The number of hydrogen-bond donors (Lipinski definition) is 1. The van der Waals surface area contributed by atoms with Gasteiger partial charge in [-0.15, -0.1) is 0 Å². The van der Waals surface area contributed by atoms with Crippen LogP contribution >= 0.6 is 0 Å². The van der Waals surface area contributed by atoms with E-state index in [0.717, 1.165) is 18.7 Å². The summed E-state index contributed by atoms with van der Waals surface area (Å²) >= 11 is 0. The number of amidine groups is 1. The van der Waals surface area contributed by atoms with Crippen LogP contribution in [0.25, 0.3) is 0 Å². The van der Waals surface area contributed by atoms with Crippen molar-refractivity contribution in [1.82, 2.24) is 9.88 Å². The second-order valence-corrected chi connectivity index (χ2v) is 4.06. The third-order valence-corrected chi connectivity index (χ3v) is 2.85. The molecule has 0 unspecified atom stereocenters. The molecular weight excluding hydrogens is 200 g/mol. The van der Waals surface area contributed by atoms with Crippen LogP contribution in [0.3, 0.4) is 0 Å². The Morgan fingerprint density at radius 2 is 2.25 bits per heavy atom. The topological polar surface area (TPSA) is 54.5 Å². The average molecular weight is 218 g/mol. The van der Waals surface area contributed by atoms with Gasteiger partial charge in [-0.1, -0.05) is 0 Å². The Hall–Kier alpha value is -1.42. The Kier molecular flexibility index (Phi) is 3.88. The van der Waals surface area contributed by atoms with Crippen molar-refractivity contribution in [2.24, 2.45) is 10.7 Å². The minimum Gasteiger partial charge on any atom is -0.383 e. The fourth-order valence-electron chi connectivity index (χ4n) is 1.92. The number of pyridine rings is 1. The molecule has 1 aliphatic rings. The largest absolute Gasteiger partial charge is 0.383 e. The first-order valence-corrected chi connectivity index (χ1v) is 5.79. The van der Waals surface area contributed by atoms with Gasteiger partial charge in [0.1, 0.15) is 5.84 Å². The van der Waals surface area contributed by atoms with Crippen LogP contribution in [0.1, 0.15) is 18.4 Å². The van der Waals surface area contributed by atoms with Gasteiger partial charge in [-0.2, -0.15) is 0 Å². The second kappa shape index (κ2) is 5.61. The Bertz CT molecular complexity index is 341. The van der Waals surface area contributed by atoms with Crippen molar-refractivity contribution in [2.75, 3.05) is 26.2 Å². The zero-order chi connectivity index (χ0) is 11.2. The van der Waals surface area contributed by atoms with Crippen molar-refractivity contribution in [2.45, 2.75) is 12.8 Å². The van der Waals surface area contributed by atoms with Gasteiger partial charge in [-0.05, 0) is 38.1 Å². The van der Waals surface area contributed by atoms with Crippen LogP contribution in [-0.2, 0) is 0 Å². The number of likely N-dealkylation sites (tertiary alicyclic amines) is 1. The summed E-state index contributed by atoms with van der Waals surface area (Å²) in [7, 11) is 0. The van der Waals surface area contributed by atoms with E-state index in [1.807, 2.05) is 12.1 Å². The minimum absolute atomic E-state index is 0.590. The Balaban J connectivity index is 1.82. The average Bonchev–Trinajstić information content (AvgIpc) is 2.83. The summed E-state index contributed by atoms with van der Waals surface area (Å²) in [6, 6.07) is 3.81. The standard InChI is InChI=1S/C12H18N4/c13-12(11-4-3-5-14-10-11)15-6-9-16-7-1-2-8-16/h3-5,10H,1-2,6-9H2,(H2,13,15). The number of aromatic nitrogens is 1. The van der Waals surface area contributed by atoms with E-state index in [1.54, 1.807) is 12.4 Å². The first-order chi connectivity index (χ1) is 7.86. The van der Waals surface area contributed by atoms with Crippen LogP contribution in [0.15, 0.2) is 29.5 Å². The number of hydrogen-bond acceptors (Lipinski definition) is 3. The third-order valence-electron chi connectivity index (χ3n) is 2.85. The lowest BCUT2D eigenvalue weighted by Crippen LogP contribution is -2.24. The first kappa shape index (κ1) is 11.1. The van der Waals surface area contributed by atoms with E-state index >= 15 is 0 Å². The molecule has 4 nitrogen and oxygen atoms in total. The molecule has 0 aliphatic carbocycles. The zero-order valence-electron chi connectivity index (χ0n) is 9.47. The third kappa shape index (κ3) is 3.03. The highest BCUT2D eigenvalue weighted by molar-refractivity contribution is 5.97. The molecule has 0 radical (unpaired) electrons. The van der Waals surface area contributed by atoms with Crippen molar-refractivity contribution in [3.05, 3.63) is 30.1 Å². The summed E-state index contributed by atoms with van der Waals surface area (Å²) in [4.78, 5) is 10.8. The first-order valence-electron chi connectivity index (χ1n) is 5.79. The maximum absolute atomic E-state index is 5.87. The highest BCUT2D eigenvalue weighted by Gasteiger charge is 2.09. The highest BCUT2D eigenvalue weighted by atomic mass is 15.1. The van der Waals surface area contributed by atoms with Crippen LogP contribution in [0.4, 0.5) is 0 Å². The fourth-order valence-corrected chi connectivity index (χ4v) is 1.92. The summed E-state index contributed by atoms with van der Waals surface area (Å²) in [6.45, 7) is 4.21. The molecule has 0 atom stereocenters. The highest BCUT2D eigenvalue weighted by Crippen LogP contribution is 2.06. The molecule has 86 valence electrons. The van der Waals surface area contributed by atoms with Crippen molar-refractivity contribution < 1.29 is 0 Å². The Labute approximate surface area is 96.2 Å². The smallest absolute Gasteiger partial charge is 0.127 e. The van der Waals surface area contributed by atoms with E-state index < -0.39 is 0 Å². The van der Waals surface area contributed by atoms with E-state index in [9.17, 15) is 0 Å². The summed E-state index contributed by atoms with van der Waals surface area (Å²) in [6.07, 6.45) is 6.12. The normalized spacial score (nSPS) is 17.9. The quantitative estimate of drug-likeness (QED) is 0.603. The van der Waals surface area contributed by atoms with Crippen molar-refractivity contribution in [1.29, 1.82) is 0 Å². The predicted octanol–water partition coefficient (Wildman–Crippen LogP) is 0.883. The molecule has 16 heavy (non-hydrogen) atoms. The number of nitrogens with zero attached hydrogens (tertiary/aromatic N) is 3. The van der Waals surface area contributed by atoms with E-state index in [-0.39, 0.29) is 0 Å². The molecule has 2 rings (SSSR count). The molecule has 0 saturated carbocycles. The summed E-state index contributed by atoms with van der Waals surface area (Å²) in [5.41, 5.74) is 6.78. The van der Waals surface area contributed by atoms with Gasteiger partial charge >= 0.3 is 0 Å². The SMILES string of the molecule is NC(=NCCN1CCCC1)c1cccnc1. The molecule has 1 aromatic heterocycles. The summed E-state index contributed by atoms with van der Waals surface area (Å²) < 4.78 is 0. The molecule has 2 heterocycles. The Morgan fingerprint density at radius 1 is 1.44 bits per heavy atom. The maximum Gasteiger partial charge on any atom is 0.127 e. The van der Waals surface area contributed by atoms with Gasteiger partial charge < -0.3 is 10.6 Å². The molecule has 1 saturated heterocycles. The molecule has 2 N–H and O–H groups in total. The lowest BCUT2D eigenvalue weighted by atomic mass is 10.3.